The molecular formula is C24H29FN2O2. The van der Waals surface area contributed by atoms with Crippen LogP contribution < -0.4 is 0 Å². The Morgan fingerprint density at radius 3 is 2.52 bits per heavy atom. The number of aliphatic imine (C=N–C) groups is 1. The van der Waals surface area contributed by atoms with Crippen molar-refractivity contribution in [3.05, 3.63) is 70.5 Å². The van der Waals surface area contributed by atoms with Crippen molar-refractivity contribution in [3.63, 3.8) is 0 Å². The minimum Gasteiger partial charge on any atom is -0.475 e. The molecule has 1 unspecified atom stereocenters. The lowest BCUT2D eigenvalue weighted by molar-refractivity contribution is -0.0140. The van der Waals surface area contributed by atoms with E-state index in [1.165, 1.54) is 12.1 Å². The summed E-state index contributed by atoms with van der Waals surface area (Å²) >= 11 is 0. The van der Waals surface area contributed by atoms with Gasteiger partial charge in [0, 0.05) is 5.56 Å². The number of benzene rings is 2. The molecule has 0 fully saturated rings. The van der Waals surface area contributed by atoms with Crippen molar-refractivity contribution in [1.29, 1.82) is 0 Å². The summed E-state index contributed by atoms with van der Waals surface area (Å²) < 4.78 is 25.8. The molecule has 0 N–H and O–H groups in total. The molecular weight excluding hydrogens is 367 g/mol. The van der Waals surface area contributed by atoms with Crippen LogP contribution >= 0.6 is 0 Å². The average Bonchev–Trinajstić information content (AvgIpc) is 3.22. The van der Waals surface area contributed by atoms with Gasteiger partial charge in [-0.05, 0) is 88.3 Å². The topological polar surface area (TPSA) is 34.1 Å². The fourth-order valence-corrected chi connectivity index (χ4v) is 4.20. The maximum Gasteiger partial charge on any atom is 0.216 e. The molecule has 5 heteroatoms. The molecule has 0 aromatic heterocycles. The quantitative estimate of drug-likeness (QED) is 0.721. The highest BCUT2D eigenvalue weighted by atomic mass is 19.1. The summed E-state index contributed by atoms with van der Waals surface area (Å²) in [5.74, 6) is 0.467. The highest BCUT2D eigenvalue weighted by molar-refractivity contribution is 5.95. The SMILES string of the molecule is CN(C)CCCC1(c2ccc(F)cc2)OCc2cc(C3=NC(C)(C)CO3)ccc21. The zero-order valence-electron chi connectivity index (χ0n) is 17.7. The van der Waals surface area contributed by atoms with Crippen molar-refractivity contribution in [2.75, 3.05) is 27.2 Å². The number of fused-ring (bicyclic) bond motifs is 1. The van der Waals surface area contributed by atoms with Crippen LogP contribution in [-0.4, -0.2) is 43.6 Å². The van der Waals surface area contributed by atoms with Crippen molar-refractivity contribution in [2.45, 2.75) is 44.4 Å². The Morgan fingerprint density at radius 2 is 1.86 bits per heavy atom. The van der Waals surface area contributed by atoms with E-state index in [1.54, 1.807) is 0 Å². The Kier molecular flexibility index (Phi) is 5.21. The second-order valence-electron chi connectivity index (χ2n) is 8.92. The Morgan fingerprint density at radius 1 is 1.10 bits per heavy atom. The van der Waals surface area contributed by atoms with Crippen LogP contribution in [0.1, 0.15) is 48.9 Å². The smallest absolute Gasteiger partial charge is 0.216 e. The second kappa shape index (κ2) is 7.54. The van der Waals surface area contributed by atoms with Gasteiger partial charge in [-0.15, -0.1) is 0 Å². The molecule has 4 rings (SSSR count). The summed E-state index contributed by atoms with van der Waals surface area (Å²) in [6.07, 6.45) is 1.82. The summed E-state index contributed by atoms with van der Waals surface area (Å²) in [5, 5.41) is 0. The third-order valence-electron chi connectivity index (χ3n) is 5.67. The van der Waals surface area contributed by atoms with Crippen LogP contribution in [0.3, 0.4) is 0 Å². The molecule has 29 heavy (non-hydrogen) atoms. The molecule has 0 spiro atoms. The van der Waals surface area contributed by atoms with Gasteiger partial charge in [0.05, 0.1) is 12.1 Å². The van der Waals surface area contributed by atoms with E-state index < -0.39 is 5.60 Å². The van der Waals surface area contributed by atoms with Crippen molar-refractivity contribution >= 4 is 5.90 Å². The van der Waals surface area contributed by atoms with Gasteiger partial charge < -0.3 is 14.4 Å². The Hall–Kier alpha value is -2.24. The van der Waals surface area contributed by atoms with Gasteiger partial charge in [-0.2, -0.15) is 0 Å². The third-order valence-corrected chi connectivity index (χ3v) is 5.67. The van der Waals surface area contributed by atoms with Gasteiger partial charge in [0.1, 0.15) is 18.0 Å². The molecule has 0 saturated heterocycles. The number of rotatable bonds is 6. The fourth-order valence-electron chi connectivity index (χ4n) is 4.20. The molecule has 1 atom stereocenters. The van der Waals surface area contributed by atoms with Gasteiger partial charge in [-0.1, -0.05) is 18.2 Å². The molecule has 2 aromatic carbocycles. The molecule has 154 valence electrons. The van der Waals surface area contributed by atoms with Gasteiger partial charge in [0.2, 0.25) is 5.90 Å². The van der Waals surface area contributed by atoms with Crippen LogP contribution in [-0.2, 0) is 21.7 Å². The van der Waals surface area contributed by atoms with E-state index in [1.807, 2.05) is 12.1 Å². The standard InChI is InChI=1S/C24H29FN2O2/c1-23(2)16-28-22(26-23)17-6-11-21-18(14-17)15-29-24(21,12-5-13-27(3)4)19-7-9-20(25)10-8-19/h6-11,14H,5,12-13,15-16H2,1-4H3. The van der Waals surface area contributed by atoms with Crippen molar-refractivity contribution in [1.82, 2.24) is 4.90 Å². The predicted molar refractivity (Wildman–Crippen MR) is 113 cm³/mol. The molecule has 0 radical (unpaired) electrons. The zero-order valence-corrected chi connectivity index (χ0v) is 17.7. The number of hydrogen-bond acceptors (Lipinski definition) is 4. The van der Waals surface area contributed by atoms with Crippen LogP contribution in [0.2, 0.25) is 0 Å². The van der Waals surface area contributed by atoms with E-state index in [9.17, 15) is 4.39 Å². The van der Waals surface area contributed by atoms with Gasteiger partial charge >= 0.3 is 0 Å². The summed E-state index contributed by atoms with van der Waals surface area (Å²) in [6.45, 7) is 6.24. The van der Waals surface area contributed by atoms with E-state index in [0.29, 0.717) is 19.1 Å². The van der Waals surface area contributed by atoms with E-state index in [4.69, 9.17) is 14.5 Å². The minimum absolute atomic E-state index is 0.186. The molecule has 0 aliphatic carbocycles. The molecule has 2 aromatic rings. The fraction of sp³-hybridized carbons (Fsp3) is 0.458. The van der Waals surface area contributed by atoms with Gasteiger partial charge in [0.25, 0.3) is 0 Å². The maximum atomic E-state index is 13.6. The molecule has 2 heterocycles. The first-order chi connectivity index (χ1) is 13.8. The van der Waals surface area contributed by atoms with Crippen molar-refractivity contribution < 1.29 is 13.9 Å². The molecule has 0 saturated carbocycles. The Bertz CT molecular complexity index is 921. The van der Waals surface area contributed by atoms with Crippen LogP contribution in [0.15, 0.2) is 47.5 Å². The summed E-state index contributed by atoms with van der Waals surface area (Å²) in [5.41, 5.74) is 3.56. The molecule has 4 nitrogen and oxygen atoms in total. The summed E-state index contributed by atoms with van der Waals surface area (Å²) in [4.78, 5) is 6.87. The van der Waals surface area contributed by atoms with Crippen molar-refractivity contribution in [3.8, 4) is 0 Å². The first-order valence-corrected chi connectivity index (χ1v) is 10.2. The van der Waals surface area contributed by atoms with E-state index in [-0.39, 0.29) is 11.4 Å². The second-order valence-corrected chi connectivity index (χ2v) is 8.92. The van der Waals surface area contributed by atoms with E-state index in [0.717, 1.165) is 41.6 Å². The van der Waals surface area contributed by atoms with Crippen molar-refractivity contribution in [2.24, 2.45) is 4.99 Å². The summed E-state index contributed by atoms with van der Waals surface area (Å²) in [6, 6.07) is 13.1. The maximum absolute atomic E-state index is 13.6. The lowest BCUT2D eigenvalue weighted by Gasteiger charge is -2.31. The number of nitrogens with zero attached hydrogens (tertiary/aromatic N) is 2. The number of halogens is 1. The largest absolute Gasteiger partial charge is 0.475 e. The van der Waals surface area contributed by atoms with Crippen LogP contribution in [0.25, 0.3) is 0 Å². The molecule has 2 aliphatic rings. The Balaban J connectivity index is 1.70. The highest BCUT2D eigenvalue weighted by Crippen LogP contribution is 2.45. The normalized spacial score (nSPS) is 22.5. The van der Waals surface area contributed by atoms with Gasteiger partial charge in [-0.25, -0.2) is 9.38 Å². The minimum atomic E-state index is -0.546. The van der Waals surface area contributed by atoms with Gasteiger partial charge in [0.15, 0.2) is 0 Å². The first-order valence-electron chi connectivity index (χ1n) is 10.2. The van der Waals surface area contributed by atoms with Crippen LogP contribution in [0.5, 0.6) is 0 Å². The third kappa shape index (κ3) is 3.94. The van der Waals surface area contributed by atoms with Crippen LogP contribution in [0.4, 0.5) is 4.39 Å². The van der Waals surface area contributed by atoms with E-state index in [2.05, 4.69) is 51.0 Å². The first kappa shape index (κ1) is 20.0. The Labute approximate surface area is 172 Å². The molecule has 0 bridgehead atoms. The monoisotopic (exact) mass is 396 g/mol. The predicted octanol–water partition coefficient (Wildman–Crippen LogP) is 4.50. The lowest BCUT2D eigenvalue weighted by Crippen LogP contribution is -2.28. The lowest BCUT2D eigenvalue weighted by atomic mass is 9.81. The van der Waals surface area contributed by atoms with E-state index >= 15 is 0 Å². The number of hydrogen-bond donors (Lipinski definition) is 0. The highest BCUT2D eigenvalue weighted by Gasteiger charge is 2.41. The molecule has 0 amide bonds. The zero-order chi connectivity index (χ0) is 20.6. The summed E-state index contributed by atoms with van der Waals surface area (Å²) in [7, 11) is 4.15. The number of ether oxygens (including phenoxy) is 2. The molecule has 2 aliphatic heterocycles. The van der Waals surface area contributed by atoms with Gasteiger partial charge in [-0.3, -0.25) is 0 Å². The average molecular weight is 397 g/mol. The van der Waals surface area contributed by atoms with Crippen LogP contribution in [0, 0.1) is 5.82 Å².